The minimum atomic E-state index is -0.217. The number of fused-ring (bicyclic) bond motifs is 3. The lowest BCUT2D eigenvalue weighted by Crippen LogP contribution is -2.43. The Bertz CT molecular complexity index is 699. The highest BCUT2D eigenvalue weighted by molar-refractivity contribution is 5.80. The van der Waals surface area contributed by atoms with Crippen LogP contribution < -0.4 is 4.74 Å². The van der Waals surface area contributed by atoms with Crippen LogP contribution in [0.5, 0.6) is 5.75 Å². The Hall–Kier alpha value is -1.62. The Morgan fingerprint density at radius 3 is 2.77 bits per heavy atom. The van der Waals surface area contributed by atoms with Gasteiger partial charge in [0.2, 0.25) is 5.91 Å². The molecule has 3 heterocycles. The number of benzene rings is 1. The van der Waals surface area contributed by atoms with Gasteiger partial charge in [0.05, 0.1) is 12.5 Å². The average Bonchev–Trinajstić information content (AvgIpc) is 3.41. The quantitative estimate of drug-likeness (QED) is 0.832. The summed E-state index contributed by atoms with van der Waals surface area (Å²) in [6, 6.07) is 4.96. The predicted molar refractivity (Wildman–Crippen MR) is 96.3 cm³/mol. The molecule has 140 valence electrons. The monoisotopic (exact) mass is 358 g/mol. The molecule has 5 heteroatoms. The number of hydrogen-bond donors (Lipinski definition) is 0. The summed E-state index contributed by atoms with van der Waals surface area (Å²) >= 11 is 0. The van der Waals surface area contributed by atoms with E-state index in [1.54, 1.807) is 12.1 Å². The zero-order chi connectivity index (χ0) is 17.7. The predicted octanol–water partition coefficient (Wildman–Crippen LogP) is 3.23. The van der Waals surface area contributed by atoms with Crippen LogP contribution in [0, 0.1) is 23.6 Å². The maximum Gasteiger partial charge on any atom is 0.227 e. The van der Waals surface area contributed by atoms with Gasteiger partial charge in [-0.15, -0.1) is 0 Å². The molecule has 0 bridgehead atoms. The molecule has 0 spiro atoms. The first-order valence-electron chi connectivity index (χ1n) is 10.2. The summed E-state index contributed by atoms with van der Waals surface area (Å²) in [5.41, 5.74) is 0.941. The zero-order valence-electron chi connectivity index (χ0n) is 15.2. The highest BCUT2D eigenvalue weighted by atomic mass is 19.1. The number of nitrogens with zero attached hydrogens (tertiary/aromatic N) is 2. The van der Waals surface area contributed by atoms with Crippen molar-refractivity contribution in [2.75, 3.05) is 32.8 Å². The lowest BCUT2D eigenvalue weighted by molar-refractivity contribution is -0.137. The minimum absolute atomic E-state index is 0.0201. The number of halogens is 1. The topological polar surface area (TPSA) is 32.8 Å². The van der Waals surface area contributed by atoms with Crippen LogP contribution in [0.1, 0.15) is 43.7 Å². The highest BCUT2D eigenvalue weighted by Crippen LogP contribution is 2.49. The molecule has 0 aromatic heterocycles. The number of carbonyl (C=O) groups is 1. The number of carbonyl (C=O) groups excluding carboxylic acids is 1. The van der Waals surface area contributed by atoms with Crippen molar-refractivity contribution in [3.8, 4) is 5.75 Å². The maximum atomic E-state index is 14.0. The van der Waals surface area contributed by atoms with Gasteiger partial charge < -0.3 is 9.64 Å². The lowest BCUT2D eigenvalue weighted by Gasteiger charge is -2.35. The van der Waals surface area contributed by atoms with Crippen molar-refractivity contribution in [2.45, 2.75) is 38.1 Å². The Balaban J connectivity index is 1.45. The van der Waals surface area contributed by atoms with E-state index < -0.39 is 0 Å². The van der Waals surface area contributed by atoms with Crippen LogP contribution in [-0.2, 0) is 4.79 Å². The third-order valence-electron chi connectivity index (χ3n) is 6.64. The van der Waals surface area contributed by atoms with Crippen molar-refractivity contribution in [3.05, 3.63) is 29.6 Å². The van der Waals surface area contributed by atoms with E-state index in [1.165, 1.54) is 25.3 Å². The number of rotatable bonds is 3. The summed E-state index contributed by atoms with van der Waals surface area (Å²) in [5.74, 6) is 1.73. The molecule has 0 N–H and O–H groups in total. The average molecular weight is 358 g/mol. The molecule has 3 aliphatic heterocycles. The molecule has 4 aliphatic rings. The third kappa shape index (κ3) is 2.90. The van der Waals surface area contributed by atoms with Gasteiger partial charge in [-0.3, -0.25) is 9.69 Å². The van der Waals surface area contributed by atoms with E-state index in [1.807, 2.05) is 0 Å². The van der Waals surface area contributed by atoms with Crippen molar-refractivity contribution in [1.82, 2.24) is 9.80 Å². The van der Waals surface area contributed by atoms with Crippen molar-refractivity contribution in [2.24, 2.45) is 17.8 Å². The fourth-order valence-corrected chi connectivity index (χ4v) is 5.13. The first kappa shape index (κ1) is 16.5. The molecule has 26 heavy (non-hydrogen) atoms. The number of hydrogen-bond acceptors (Lipinski definition) is 3. The van der Waals surface area contributed by atoms with Gasteiger partial charge in [-0.05, 0) is 56.2 Å². The van der Waals surface area contributed by atoms with Crippen LogP contribution in [0.2, 0.25) is 0 Å². The Morgan fingerprint density at radius 1 is 1.19 bits per heavy atom. The zero-order valence-corrected chi connectivity index (χ0v) is 15.2. The summed E-state index contributed by atoms with van der Waals surface area (Å²) in [7, 11) is 0. The molecule has 1 aromatic rings. The Morgan fingerprint density at radius 2 is 2.00 bits per heavy atom. The van der Waals surface area contributed by atoms with Crippen LogP contribution in [0.25, 0.3) is 0 Å². The summed E-state index contributed by atoms with van der Waals surface area (Å²) in [4.78, 5) is 17.8. The van der Waals surface area contributed by atoms with Crippen molar-refractivity contribution >= 4 is 5.91 Å². The van der Waals surface area contributed by atoms with Crippen LogP contribution in [0.15, 0.2) is 18.2 Å². The molecular weight excluding hydrogens is 331 g/mol. The summed E-state index contributed by atoms with van der Waals surface area (Å²) < 4.78 is 19.9. The second-order valence-corrected chi connectivity index (χ2v) is 8.49. The van der Waals surface area contributed by atoms with Crippen LogP contribution in [-0.4, -0.2) is 48.5 Å². The van der Waals surface area contributed by atoms with E-state index in [0.717, 1.165) is 56.3 Å². The second-order valence-electron chi connectivity index (χ2n) is 8.49. The van der Waals surface area contributed by atoms with E-state index in [4.69, 9.17) is 4.74 Å². The molecule has 1 aromatic carbocycles. The molecule has 1 aliphatic carbocycles. The number of ether oxygens (including phenoxy) is 1. The molecule has 1 amide bonds. The highest BCUT2D eigenvalue weighted by Gasteiger charge is 2.50. The third-order valence-corrected chi connectivity index (χ3v) is 6.64. The number of amides is 1. The first-order chi connectivity index (χ1) is 12.7. The fourth-order valence-electron chi connectivity index (χ4n) is 5.13. The smallest absolute Gasteiger partial charge is 0.227 e. The second kappa shape index (κ2) is 6.52. The van der Waals surface area contributed by atoms with E-state index in [0.29, 0.717) is 12.5 Å². The molecule has 1 saturated carbocycles. The van der Waals surface area contributed by atoms with Crippen molar-refractivity contribution < 1.29 is 13.9 Å². The molecule has 5 rings (SSSR count). The van der Waals surface area contributed by atoms with Crippen LogP contribution >= 0.6 is 0 Å². The van der Waals surface area contributed by atoms with Crippen molar-refractivity contribution in [1.29, 1.82) is 0 Å². The Labute approximate surface area is 154 Å². The van der Waals surface area contributed by atoms with Gasteiger partial charge in [0.15, 0.2) is 0 Å². The maximum absolute atomic E-state index is 14.0. The van der Waals surface area contributed by atoms with Gasteiger partial charge in [-0.1, -0.05) is 0 Å². The normalized spacial score (nSPS) is 31.3. The van der Waals surface area contributed by atoms with Gasteiger partial charge in [0.1, 0.15) is 11.6 Å². The summed E-state index contributed by atoms with van der Waals surface area (Å²) in [6.45, 7) is 4.17. The first-order valence-corrected chi connectivity index (χ1v) is 10.2. The van der Waals surface area contributed by atoms with Crippen LogP contribution in [0.3, 0.4) is 0 Å². The standard InChI is InChI=1S/C21H27FN2O2/c22-15-6-7-19-16(10-15)20-18(13-26-19)17(12-24(20)11-14-4-5-14)21(25)23-8-2-1-3-9-23/h6-7,10,14,17-18,20H,1-5,8-9,11-13H2/t17-,18+,20+/m1/s1. The lowest BCUT2D eigenvalue weighted by atomic mass is 9.84. The number of piperidine rings is 1. The van der Waals surface area contributed by atoms with E-state index in [9.17, 15) is 9.18 Å². The minimum Gasteiger partial charge on any atom is -0.493 e. The molecule has 3 atom stereocenters. The van der Waals surface area contributed by atoms with Gasteiger partial charge >= 0.3 is 0 Å². The van der Waals surface area contributed by atoms with Gasteiger partial charge in [-0.25, -0.2) is 4.39 Å². The van der Waals surface area contributed by atoms with Gasteiger partial charge in [0.25, 0.3) is 0 Å². The van der Waals surface area contributed by atoms with Gasteiger partial charge in [-0.2, -0.15) is 0 Å². The molecule has 0 unspecified atom stereocenters. The summed E-state index contributed by atoms with van der Waals surface area (Å²) in [5, 5.41) is 0. The fraction of sp³-hybridized carbons (Fsp3) is 0.667. The SMILES string of the molecule is O=C([C@@H]1CN(CC2CC2)[C@H]2c3cc(F)ccc3OC[C@@H]12)N1CCCCC1. The summed E-state index contributed by atoms with van der Waals surface area (Å²) in [6.07, 6.45) is 6.02. The van der Waals surface area contributed by atoms with Gasteiger partial charge in [0, 0.05) is 43.7 Å². The molecule has 2 saturated heterocycles. The van der Waals surface area contributed by atoms with E-state index in [2.05, 4.69) is 9.80 Å². The molecular formula is C21H27FN2O2. The molecule has 0 radical (unpaired) electrons. The van der Waals surface area contributed by atoms with Crippen molar-refractivity contribution in [3.63, 3.8) is 0 Å². The number of likely N-dealkylation sites (tertiary alicyclic amines) is 2. The van der Waals surface area contributed by atoms with E-state index >= 15 is 0 Å². The molecule has 3 fully saturated rings. The van der Waals surface area contributed by atoms with Crippen LogP contribution in [0.4, 0.5) is 4.39 Å². The largest absolute Gasteiger partial charge is 0.493 e. The van der Waals surface area contributed by atoms with E-state index in [-0.39, 0.29) is 23.7 Å². The molecule has 4 nitrogen and oxygen atoms in total. The Kier molecular flexibility index (Phi) is 4.15.